The van der Waals surface area contributed by atoms with Gasteiger partial charge < -0.3 is 5.32 Å². The quantitative estimate of drug-likeness (QED) is 0.738. The minimum Gasteiger partial charge on any atom is -0.352 e. The molecule has 0 saturated carbocycles. The monoisotopic (exact) mass is 407 g/mol. The number of nitrogens with one attached hydrogen (secondary N) is 2. The highest BCUT2D eigenvalue weighted by Crippen LogP contribution is 2.16. The molecule has 1 aromatic carbocycles. The first kappa shape index (κ1) is 20.0. The highest BCUT2D eigenvalue weighted by atomic mass is 32.2. The molecule has 8 heteroatoms. The molecule has 146 valence electrons. The van der Waals surface area contributed by atoms with Gasteiger partial charge in [-0.2, -0.15) is 4.72 Å². The van der Waals surface area contributed by atoms with Crippen LogP contribution in [0.25, 0.3) is 0 Å². The van der Waals surface area contributed by atoms with E-state index in [9.17, 15) is 13.2 Å². The van der Waals surface area contributed by atoms with Crippen molar-refractivity contribution < 1.29 is 13.2 Å². The molecule has 1 fully saturated rings. The number of piperidine rings is 1. The summed E-state index contributed by atoms with van der Waals surface area (Å²) >= 11 is 1.13. The number of likely N-dealkylation sites (tertiary alicyclic amines) is 1. The van der Waals surface area contributed by atoms with E-state index in [2.05, 4.69) is 27.1 Å². The lowest BCUT2D eigenvalue weighted by molar-refractivity contribution is -0.123. The van der Waals surface area contributed by atoms with Gasteiger partial charge in [-0.3, -0.25) is 9.69 Å². The van der Waals surface area contributed by atoms with E-state index < -0.39 is 16.1 Å². The number of hydrogen-bond acceptors (Lipinski definition) is 5. The van der Waals surface area contributed by atoms with E-state index in [1.165, 1.54) is 11.6 Å². The Kier molecular flexibility index (Phi) is 6.64. The standard InChI is InChI=1S/C19H25N3O3S2/c1-15(21-27(24,25)18-8-5-13-26-18)19(23)20-17-9-11-22(12-10-17)14-16-6-3-2-4-7-16/h2-8,13,15,17,21H,9-12,14H2,1H3,(H,20,23)/t15-/m0/s1. The van der Waals surface area contributed by atoms with E-state index in [-0.39, 0.29) is 16.2 Å². The summed E-state index contributed by atoms with van der Waals surface area (Å²) in [5.41, 5.74) is 1.29. The summed E-state index contributed by atoms with van der Waals surface area (Å²) in [6.45, 7) is 4.31. The fraction of sp³-hybridized carbons (Fsp3) is 0.421. The van der Waals surface area contributed by atoms with Gasteiger partial charge in [-0.25, -0.2) is 8.42 Å². The fourth-order valence-corrected chi connectivity index (χ4v) is 5.38. The Balaban J connectivity index is 1.45. The molecular weight excluding hydrogens is 382 g/mol. The molecule has 2 heterocycles. The first-order chi connectivity index (χ1) is 12.9. The number of amides is 1. The van der Waals surface area contributed by atoms with Crippen LogP contribution in [-0.4, -0.2) is 44.4 Å². The first-order valence-corrected chi connectivity index (χ1v) is 11.4. The van der Waals surface area contributed by atoms with Crippen molar-refractivity contribution in [1.82, 2.24) is 14.9 Å². The van der Waals surface area contributed by atoms with E-state index in [1.54, 1.807) is 18.4 Å². The molecule has 1 saturated heterocycles. The third-order valence-corrected chi connectivity index (χ3v) is 7.61. The van der Waals surface area contributed by atoms with E-state index in [0.29, 0.717) is 0 Å². The number of rotatable bonds is 7. The molecule has 3 rings (SSSR count). The second kappa shape index (κ2) is 8.97. The third kappa shape index (κ3) is 5.62. The van der Waals surface area contributed by atoms with Crippen LogP contribution in [0.5, 0.6) is 0 Å². The van der Waals surface area contributed by atoms with Gasteiger partial charge in [0.1, 0.15) is 4.21 Å². The lowest BCUT2D eigenvalue weighted by atomic mass is 10.0. The second-order valence-corrected chi connectivity index (χ2v) is 9.71. The number of hydrogen-bond donors (Lipinski definition) is 2. The number of nitrogens with zero attached hydrogens (tertiary/aromatic N) is 1. The molecule has 0 unspecified atom stereocenters. The van der Waals surface area contributed by atoms with Gasteiger partial charge in [-0.15, -0.1) is 11.3 Å². The molecular formula is C19H25N3O3S2. The van der Waals surface area contributed by atoms with Crippen LogP contribution in [0.15, 0.2) is 52.1 Å². The van der Waals surface area contributed by atoms with Crippen molar-refractivity contribution in [3.63, 3.8) is 0 Å². The van der Waals surface area contributed by atoms with Crippen molar-refractivity contribution in [2.45, 2.75) is 42.6 Å². The third-order valence-electron chi connectivity index (χ3n) is 4.67. The number of carbonyl (C=O) groups is 1. The van der Waals surface area contributed by atoms with Gasteiger partial charge in [-0.1, -0.05) is 36.4 Å². The summed E-state index contributed by atoms with van der Waals surface area (Å²) in [7, 11) is -3.65. The molecule has 1 aliphatic heterocycles. The van der Waals surface area contributed by atoms with Crippen molar-refractivity contribution >= 4 is 27.3 Å². The number of sulfonamides is 1. The lowest BCUT2D eigenvalue weighted by Crippen LogP contribution is -2.50. The number of thiophene rings is 1. The van der Waals surface area contributed by atoms with E-state index in [0.717, 1.165) is 43.8 Å². The molecule has 0 spiro atoms. The number of benzene rings is 1. The van der Waals surface area contributed by atoms with Crippen molar-refractivity contribution in [2.75, 3.05) is 13.1 Å². The Hall–Kier alpha value is -1.74. The minimum atomic E-state index is -3.65. The minimum absolute atomic E-state index is 0.0817. The molecule has 0 radical (unpaired) electrons. The zero-order valence-corrected chi connectivity index (χ0v) is 16.9. The maximum absolute atomic E-state index is 12.4. The molecule has 1 amide bonds. The average Bonchev–Trinajstić information content (AvgIpc) is 3.19. The van der Waals surface area contributed by atoms with Crippen molar-refractivity contribution in [3.05, 3.63) is 53.4 Å². The predicted octanol–water partition coefficient (Wildman–Crippen LogP) is 2.20. The molecule has 1 aliphatic rings. The molecule has 1 aromatic heterocycles. The smallest absolute Gasteiger partial charge is 0.250 e. The van der Waals surface area contributed by atoms with Gasteiger partial charge in [0, 0.05) is 25.7 Å². The van der Waals surface area contributed by atoms with Crippen LogP contribution in [0, 0.1) is 0 Å². The van der Waals surface area contributed by atoms with E-state index in [4.69, 9.17) is 0 Å². The normalized spacial score (nSPS) is 17.5. The first-order valence-electron chi connectivity index (χ1n) is 9.06. The van der Waals surface area contributed by atoms with Gasteiger partial charge >= 0.3 is 0 Å². The van der Waals surface area contributed by atoms with E-state index >= 15 is 0 Å². The lowest BCUT2D eigenvalue weighted by Gasteiger charge is -2.32. The van der Waals surface area contributed by atoms with Gasteiger partial charge in [0.05, 0.1) is 6.04 Å². The molecule has 0 aliphatic carbocycles. The maximum atomic E-state index is 12.4. The Labute approximate surface area is 164 Å². The molecule has 1 atom stereocenters. The van der Waals surface area contributed by atoms with Crippen LogP contribution in [-0.2, 0) is 21.4 Å². The van der Waals surface area contributed by atoms with Gasteiger partial charge in [-0.05, 0) is 36.8 Å². The molecule has 2 aromatic rings. The Bertz CT molecular complexity index is 830. The van der Waals surface area contributed by atoms with Gasteiger partial charge in [0.2, 0.25) is 5.91 Å². The van der Waals surface area contributed by atoms with Crippen LogP contribution in [0.3, 0.4) is 0 Å². The summed E-state index contributed by atoms with van der Waals surface area (Å²) in [6.07, 6.45) is 1.73. The Morgan fingerprint density at radius 3 is 2.52 bits per heavy atom. The largest absolute Gasteiger partial charge is 0.352 e. The zero-order chi connectivity index (χ0) is 19.3. The van der Waals surface area contributed by atoms with Crippen LogP contribution in [0.4, 0.5) is 0 Å². The van der Waals surface area contributed by atoms with Crippen LogP contribution >= 0.6 is 11.3 Å². The van der Waals surface area contributed by atoms with Crippen LogP contribution < -0.4 is 10.0 Å². The molecule has 2 N–H and O–H groups in total. The van der Waals surface area contributed by atoms with Crippen molar-refractivity contribution in [3.8, 4) is 0 Å². The molecule has 6 nitrogen and oxygen atoms in total. The highest BCUT2D eigenvalue weighted by molar-refractivity contribution is 7.91. The van der Waals surface area contributed by atoms with Crippen LogP contribution in [0.2, 0.25) is 0 Å². The highest BCUT2D eigenvalue weighted by Gasteiger charge is 2.26. The van der Waals surface area contributed by atoms with Crippen LogP contribution in [0.1, 0.15) is 25.3 Å². The maximum Gasteiger partial charge on any atom is 0.250 e. The second-order valence-electron chi connectivity index (χ2n) is 6.82. The number of carbonyl (C=O) groups excluding carboxylic acids is 1. The SMILES string of the molecule is C[C@H](NS(=O)(=O)c1cccs1)C(=O)NC1CCN(Cc2ccccc2)CC1. The summed E-state index contributed by atoms with van der Waals surface area (Å²) < 4.78 is 27.1. The zero-order valence-electron chi connectivity index (χ0n) is 15.3. The summed E-state index contributed by atoms with van der Waals surface area (Å²) in [6, 6.07) is 12.8. The topological polar surface area (TPSA) is 78.5 Å². The summed E-state index contributed by atoms with van der Waals surface area (Å²) in [5.74, 6) is -0.281. The Morgan fingerprint density at radius 2 is 1.89 bits per heavy atom. The van der Waals surface area contributed by atoms with Crippen molar-refractivity contribution in [1.29, 1.82) is 0 Å². The average molecular weight is 408 g/mol. The van der Waals surface area contributed by atoms with Gasteiger partial charge in [0.15, 0.2) is 0 Å². The molecule has 0 bridgehead atoms. The van der Waals surface area contributed by atoms with E-state index in [1.807, 2.05) is 18.2 Å². The fourth-order valence-electron chi connectivity index (χ4n) is 3.16. The predicted molar refractivity (Wildman–Crippen MR) is 107 cm³/mol. The Morgan fingerprint density at radius 1 is 1.19 bits per heavy atom. The summed E-state index contributed by atoms with van der Waals surface area (Å²) in [5, 5.41) is 4.68. The van der Waals surface area contributed by atoms with Gasteiger partial charge in [0.25, 0.3) is 10.0 Å². The molecule has 27 heavy (non-hydrogen) atoms. The summed E-state index contributed by atoms with van der Waals surface area (Å²) in [4.78, 5) is 14.8. The van der Waals surface area contributed by atoms with Crippen molar-refractivity contribution in [2.24, 2.45) is 0 Å².